The fourth-order valence-corrected chi connectivity index (χ4v) is 9.83. The number of rotatable bonds is 10. The number of aromatic nitrogens is 2. The van der Waals surface area contributed by atoms with Gasteiger partial charge in [0.25, 0.3) is 0 Å². The van der Waals surface area contributed by atoms with E-state index in [1.54, 1.807) is 18.1 Å². The lowest BCUT2D eigenvalue weighted by Gasteiger charge is -2.58. The molecule has 0 spiro atoms. The van der Waals surface area contributed by atoms with E-state index in [0.29, 0.717) is 23.7 Å². The highest BCUT2D eigenvalue weighted by Gasteiger charge is 2.59. The first-order valence-corrected chi connectivity index (χ1v) is 16.1. The Bertz CT molecular complexity index is 967. The first-order chi connectivity index (χ1) is 18.2. The average molecular weight is 523 g/mol. The van der Waals surface area contributed by atoms with E-state index in [1.807, 2.05) is 0 Å². The van der Waals surface area contributed by atoms with Crippen molar-refractivity contribution in [2.24, 2.45) is 46.3 Å². The third-order valence-electron chi connectivity index (χ3n) is 12.0. The zero-order chi connectivity index (χ0) is 26.9. The summed E-state index contributed by atoms with van der Waals surface area (Å²) >= 11 is 0. The molecule has 0 saturated heterocycles. The summed E-state index contributed by atoms with van der Waals surface area (Å²) in [6, 6.07) is 0. The quantitative estimate of drug-likeness (QED) is 0.190. The molecule has 38 heavy (non-hydrogen) atoms. The third-order valence-corrected chi connectivity index (χ3v) is 12.0. The number of carbonyl (C=O) groups is 1. The van der Waals surface area contributed by atoms with Crippen LogP contribution in [0.2, 0.25) is 0 Å². The lowest BCUT2D eigenvalue weighted by molar-refractivity contribution is -0.151. The number of H-pyrrole nitrogens is 1. The zero-order valence-electron chi connectivity index (χ0n) is 24.9. The van der Waals surface area contributed by atoms with Crippen LogP contribution in [0.5, 0.6) is 0 Å². The summed E-state index contributed by atoms with van der Waals surface area (Å²) in [5, 5.41) is 0. The largest absolute Gasteiger partial charge is 0.462 e. The van der Waals surface area contributed by atoms with E-state index in [-0.39, 0.29) is 12.1 Å². The van der Waals surface area contributed by atoms with Crippen LogP contribution >= 0.6 is 0 Å². The molecule has 4 aliphatic carbocycles. The topological polar surface area (TPSA) is 55.0 Å². The van der Waals surface area contributed by atoms with Gasteiger partial charge in [-0.25, -0.2) is 4.98 Å². The minimum Gasteiger partial charge on any atom is -0.462 e. The number of unbranched alkanes of at least 4 members (excludes halogenated alkanes) is 1. The Morgan fingerprint density at radius 2 is 1.89 bits per heavy atom. The molecule has 212 valence electrons. The van der Waals surface area contributed by atoms with Gasteiger partial charge in [0.15, 0.2) is 0 Å². The molecule has 3 saturated carbocycles. The van der Waals surface area contributed by atoms with Crippen molar-refractivity contribution in [3.8, 4) is 0 Å². The molecule has 1 N–H and O–H groups in total. The maximum atomic E-state index is 12.6. The molecular formula is C34H54N2O2. The fraction of sp³-hybridized carbons (Fsp3) is 0.824. The van der Waals surface area contributed by atoms with Gasteiger partial charge in [0.2, 0.25) is 0 Å². The monoisotopic (exact) mass is 522 g/mol. The Morgan fingerprint density at radius 3 is 2.66 bits per heavy atom. The van der Waals surface area contributed by atoms with Crippen molar-refractivity contribution in [3.05, 3.63) is 29.9 Å². The maximum absolute atomic E-state index is 12.6. The second kappa shape index (κ2) is 11.5. The predicted molar refractivity (Wildman–Crippen MR) is 154 cm³/mol. The summed E-state index contributed by atoms with van der Waals surface area (Å²) < 4.78 is 5.98. The van der Waals surface area contributed by atoms with Gasteiger partial charge in [0.1, 0.15) is 6.10 Å². The molecule has 4 nitrogen and oxygen atoms in total. The van der Waals surface area contributed by atoms with Crippen LogP contribution in [0.15, 0.2) is 24.2 Å². The number of ether oxygens (including phenoxy) is 1. The average Bonchev–Trinajstić information content (AvgIpc) is 3.53. The smallest absolute Gasteiger partial charge is 0.306 e. The van der Waals surface area contributed by atoms with Crippen LogP contribution in [-0.4, -0.2) is 22.0 Å². The van der Waals surface area contributed by atoms with Gasteiger partial charge in [-0.2, -0.15) is 0 Å². The summed E-state index contributed by atoms with van der Waals surface area (Å²) in [5.74, 6) is 5.14. The number of allylic oxidation sites excluding steroid dienone is 1. The first kappa shape index (κ1) is 28.0. The van der Waals surface area contributed by atoms with Crippen LogP contribution in [0.25, 0.3) is 0 Å². The van der Waals surface area contributed by atoms with Crippen molar-refractivity contribution in [3.63, 3.8) is 0 Å². The van der Waals surface area contributed by atoms with Crippen LogP contribution in [0.4, 0.5) is 0 Å². The number of hydrogen-bond donors (Lipinski definition) is 1. The van der Waals surface area contributed by atoms with Gasteiger partial charge in [-0.15, -0.1) is 0 Å². The van der Waals surface area contributed by atoms with Gasteiger partial charge in [-0.1, -0.05) is 72.0 Å². The Balaban J connectivity index is 1.18. The molecule has 0 bridgehead atoms. The fourth-order valence-electron chi connectivity index (χ4n) is 9.83. The molecule has 8 unspecified atom stereocenters. The Morgan fingerprint density at radius 1 is 1.08 bits per heavy atom. The van der Waals surface area contributed by atoms with Crippen LogP contribution < -0.4 is 0 Å². The summed E-state index contributed by atoms with van der Waals surface area (Å²) in [6.07, 6.45) is 23.0. The van der Waals surface area contributed by atoms with E-state index >= 15 is 0 Å². The van der Waals surface area contributed by atoms with Crippen molar-refractivity contribution < 1.29 is 9.53 Å². The van der Waals surface area contributed by atoms with Gasteiger partial charge < -0.3 is 9.72 Å². The van der Waals surface area contributed by atoms with E-state index in [4.69, 9.17) is 4.74 Å². The minimum atomic E-state index is -0.0637. The Kier molecular flexibility index (Phi) is 8.46. The molecule has 1 aromatic rings. The van der Waals surface area contributed by atoms with E-state index in [2.05, 4.69) is 50.7 Å². The molecule has 0 radical (unpaired) electrons. The Hall–Kier alpha value is -1.58. The van der Waals surface area contributed by atoms with Crippen molar-refractivity contribution >= 4 is 5.97 Å². The molecule has 0 amide bonds. The van der Waals surface area contributed by atoms with Crippen molar-refractivity contribution in [1.82, 2.24) is 9.97 Å². The number of esters is 1. The number of nitrogens with zero attached hydrogens (tertiary/aromatic N) is 1. The zero-order valence-corrected chi connectivity index (χ0v) is 24.9. The van der Waals surface area contributed by atoms with Gasteiger partial charge in [-0.05, 0) is 97.7 Å². The SMILES string of the molecule is CC(C)CCCCC(C)C1CCC2C3CC=C4CC(OC(=O)CCc5cnc[nH]5)CCC4(C)C3CCC12C. The molecular weight excluding hydrogens is 468 g/mol. The molecule has 4 aliphatic rings. The summed E-state index contributed by atoms with van der Waals surface area (Å²) in [6.45, 7) is 12.6. The van der Waals surface area contributed by atoms with Crippen LogP contribution in [0.1, 0.15) is 124 Å². The standard InChI is InChI=1S/C34H54N2O2/c1-23(2)8-6-7-9-24(3)29-13-14-30-28-12-10-25-20-27(38-32(37)15-11-26-21-35-22-36-26)16-18-33(25,4)31(28)17-19-34(29,30)5/h10,21-24,27-31H,6-9,11-20H2,1-5H3,(H,35,36). The van der Waals surface area contributed by atoms with Crippen molar-refractivity contribution in [2.45, 2.75) is 131 Å². The lowest BCUT2D eigenvalue weighted by atomic mass is 9.47. The highest BCUT2D eigenvalue weighted by atomic mass is 16.5. The Labute approximate surface area is 232 Å². The van der Waals surface area contributed by atoms with Crippen LogP contribution in [-0.2, 0) is 16.0 Å². The molecule has 3 fully saturated rings. The van der Waals surface area contributed by atoms with E-state index in [0.717, 1.165) is 54.0 Å². The molecule has 8 atom stereocenters. The normalized spacial score (nSPS) is 37.2. The number of imidazole rings is 1. The lowest BCUT2D eigenvalue weighted by Crippen LogP contribution is -2.51. The van der Waals surface area contributed by atoms with Gasteiger partial charge in [-0.3, -0.25) is 4.79 Å². The van der Waals surface area contributed by atoms with Gasteiger partial charge in [0.05, 0.1) is 12.7 Å². The second-order valence-electron chi connectivity index (χ2n) is 14.6. The van der Waals surface area contributed by atoms with Crippen LogP contribution in [0, 0.1) is 46.3 Å². The van der Waals surface area contributed by atoms with Gasteiger partial charge >= 0.3 is 5.97 Å². The van der Waals surface area contributed by atoms with Crippen molar-refractivity contribution in [1.29, 1.82) is 0 Å². The second-order valence-corrected chi connectivity index (χ2v) is 14.6. The summed E-state index contributed by atoms with van der Waals surface area (Å²) in [5.41, 5.74) is 3.46. The molecule has 0 aliphatic heterocycles. The van der Waals surface area contributed by atoms with Crippen LogP contribution in [0.3, 0.4) is 0 Å². The number of hydrogen-bond acceptors (Lipinski definition) is 3. The molecule has 0 aromatic carbocycles. The highest BCUT2D eigenvalue weighted by Crippen LogP contribution is 2.67. The first-order valence-electron chi connectivity index (χ1n) is 16.1. The number of aromatic amines is 1. The maximum Gasteiger partial charge on any atom is 0.306 e. The van der Waals surface area contributed by atoms with E-state index < -0.39 is 0 Å². The third kappa shape index (κ3) is 5.52. The number of aryl methyl sites for hydroxylation is 1. The van der Waals surface area contributed by atoms with Gasteiger partial charge in [0, 0.05) is 18.3 Å². The molecule has 5 rings (SSSR count). The van der Waals surface area contributed by atoms with E-state index in [9.17, 15) is 4.79 Å². The van der Waals surface area contributed by atoms with E-state index in [1.165, 1.54) is 64.2 Å². The minimum absolute atomic E-state index is 0.0569. The number of nitrogens with one attached hydrogen (secondary N) is 1. The predicted octanol–water partition coefficient (Wildman–Crippen LogP) is 8.69. The summed E-state index contributed by atoms with van der Waals surface area (Å²) in [4.78, 5) is 19.7. The van der Waals surface area contributed by atoms with Crippen molar-refractivity contribution in [2.75, 3.05) is 0 Å². The molecule has 1 heterocycles. The molecule has 1 aromatic heterocycles. The number of fused-ring (bicyclic) bond motifs is 5. The highest BCUT2D eigenvalue weighted by molar-refractivity contribution is 5.69. The number of carbonyl (C=O) groups excluding carboxylic acids is 1. The molecule has 4 heteroatoms. The summed E-state index contributed by atoms with van der Waals surface area (Å²) in [7, 11) is 0.